The number of amides is 1. The van der Waals surface area contributed by atoms with Gasteiger partial charge in [-0.15, -0.1) is 0 Å². The SMILES string of the molecule is COc1ccc(S(=O)(=O)N2CCN(C(=O)C3Cc4cc(Cl)ccc4O3)CC2)cc1. The van der Waals surface area contributed by atoms with Crippen LogP contribution in [0.3, 0.4) is 0 Å². The molecule has 0 bridgehead atoms. The number of fused-ring (bicyclic) bond motifs is 1. The van der Waals surface area contributed by atoms with Gasteiger partial charge in [-0.05, 0) is 48.0 Å². The number of carbonyl (C=O) groups excluding carboxylic acids is 1. The van der Waals surface area contributed by atoms with Gasteiger partial charge in [0.2, 0.25) is 10.0 Å². The molecule has 1 atom stereocenters. The highest BCUT2D eigenvalue weighted by atomic mass is 35.5. The van der Waals surface area contributed by atoms with Crippen molar-refractivity contribution in [2.75, 3.05) is 33.3 Å². The standard InChI is InChI=1S/C20H21ClN2O5S/c1-27-16-3-5-17(6-4-16)29(25,26)23-10-8-22(9-11-23)20(24)19-13-14-12-15(21)2-7-18(14)28-19/h2-7,12,19H,8-11,13H2,1H3. The molecule has 29 heavy (non-hydrogen) atoms. The van der Waals surface area contributed by atoms with E-state index in [-0.39, 0.29) is 23.9 Å². The summed E-state index contributed by atoms with van der Waals surface area (Å²) in [5.41, 5.74) is 0.913. The fourth-order valence-corrected chi connectivity index (χ4v) is 5.22. The minimum absolute atomic E-state index is 0.126. The third-order valence-corrected chi connectivity index (χ3v) is 7.37. The van der Waals surface area contributed by atoms with Crippen molar-refractivity contribution in [3.63, 3.8) is 0 Å². The minimum atomic E-state index is -3.61. The number of sulfonamides is 1. The first-order chi connectivity index (χ1) is 13.9. The molecule has 1 fully saturated rings. The van der Waals surface area contributed by atoms with Gasteiger partial charge in [-0.1, -0.05) is 11.6 Å². The second kappa shape index (κ2) is 7.85. The zero-order valence-electron chi connectivity index (χ0n) is 15.9. The number of carbonyl (C=O) groups is 1. The molecule has 1 amide bonds. The zero-order chi connectivity index (χ0) is 20.6. The average Bonchev–Trinajstić information content (AvgIpc) is 3.16. The Morgan fingerprint density at radius 3 is 2.45 bits per heavy atom. The maximum Gasteiger partial charge on any atom is 0.264 e. The number of hydrogen-bond donors (Lipinski definition) is 0. The number of ether oxygens (including phenoxy) is 2. The second-order valence-corrected chi connectivity index (χ2v) is 9.34. The highest BCUT2D eigenvalue weighted by molar-refractivity contribution is 7.89. The van der Waals surface area contributed by atoms with Crippen molar-refractivity contribution in [1.29, 1.82) is 0 Å². The van der Waals surface area contributed by atoms with Crippen LogP contribution in [0.25, 0.3) is 0 Å². The van der Waals surface area contributed by atoms with E-state index in [1.807, 2.05) is 6.07 Å². The maximum absolute atomic E-state index is 12.8. The molecule has 0 aromatic heterocycles. The summed E-state index contributed by atoms with van der Waals surface area (Å²) in [5.74, 6) is 1.14. The predicted molar refractivity (Wildman–Crippen MR) is 108 cm³/mol. The lowest BCUT2D eigenvalue weighted by atomic mass is 10.1. The third kappa shape index (κ3) is 3.92. The Kier molecular flexibility index (Phi) is 5.42. The average molecular weight is 437 g/mol. The van der Waals surface area contributed by atoms with Gasteiger partial charge in [0, 0.05) is 37.6 Å². The Bertz CT molecular complexity index is 1020. The number of benzene rings is 2. The zero-order valence-corrected chi connectivity index (χ0v) is 17.4. The molecule has 2 aliphatic heterocycles. The normalized spacial score (nSPS) is 19.5. The maximum atomic E-state index is 12.8. The lowest BCUT2D eigenvalue weighted by molar-refractivity contribution is -0.139. The van der Waals surface area contributed by atoms with E-state index in [9.17, 15) is 13.2 Å². The van der Waals surface area contributed by atoms with Gasteiger partial charge in [0.1, 0.15) is 11.5 Å². The Hall–Kier alpha value is -2.29. The number of methoxy groups -OCH3 is 1. The van der Waals surface area contributed by atoms with Gasteiger partial charge in [0.05, 0.1) is 12.0 Å². The van der Waals surface area contributed by atoms with E-state index >= 15 is 0 Å². The molecule has 0 N–H and O–H groups in total. The Morgan fingerprint density at radius 1 is 1.10 bits per heavy atom. The molecule has 0 saturated carbocycles. The molecule has 1 saturated heterocycles. The molecule has 154 valence electrons. The Labute approximate surface area is 174 Å². The van der Waals surface area contributed by atoms with Gasteiger partial charge >= 0.3 is 0 Å². The highest BCUT2D eigenvalue weighted by Gasteiger charge is 2.36. The molecule has 0 radical (unpaired) electrons. The Balaban J connectivity index is 1.38. The van der Waals surface area contributed by atoms with Crippen LogP contribution in [0.2, 0.25) is 5.02 Å². The highest BCUT2D eigenvalue weighted by Crippen LogP contribution is 2.32. The smallest absolute Gasteiger partial charge is 0.264 e. The summed E-state index contributed by atoms with van der Waals surface area (Å²) < 4.78 is 37.9. The molecular weight excluding hydrogens is 416 g/mol. The van der Waals surface area contributed by atoms with Crippen LogP contribution < -0.4 is 9.47 Å². The van der Waals surface area contributed by atoms with Gasteiger partial charge in [0.25, 0.3) is 5.91 Å². The second-order valence-electron chi connectivity index (χ2n) is 6.97. The fraction of sp³-hybridized carbons (Fsp3) is 0.350. The first-order valence-electron chi connectivity index (χ1n) is 9.26. The Morgan fingerprint density at radius 2 is 1.79 bits per heavy atom. The number of piperazine rings is 1. The van der Waals surface area contributed by atoms with Crippen molar-refractivity contribution in [1.82, 2.24) is 9.21 Å². The number of nitrogens with zero attached hydrogens (tertiary/aromatic N) is 2. The molecule has 1 unspecified atom stereocenters. The molecule has 4 rings (SSSR count). The van der Waals surface area contributed by atoms with Crippen LogP contribution >= 0.6 is 11.6 Å². The molecule has 2 heterocycles. The first-order valence-corrected chi connectivity index (χ1v) is 11.1. The lowest BCUT2D eigenvalue weighted by Crippen LogP contribution is -2.53. The summed E-state index contributed by atoms with van der Waals surface area (Å²) in [7, 11) is -2.08. The summed E-state index contributed by atoms with van der Waals surface area (Å²) in [6, 6.07) is 11.6. The van der Waals surface area contributed by atoms with Gasteiger partial charge in [0.15, 0.2) is 6.10 Å². The van der Waals surface area contributed by atoms with Crippen LogP contribution in [0.1, 0.15) is 5.56 Å². The van der Waals surface area contributed by atoms with Gasteiger partial charge in [-0.3, -0.25) is 4.79 Å². The summed E-state index contributed by atoms with van der Waals surface area (Å²) in [6.45, 7) is 1.13. The van der Waals surface area contributed by atoms with Crippen LogP contribution in [-0.2, 0) is 21.2 Å². The van der Waals surface area contributed by atoms with Gasteiger partial charge in [-0.2, -0.15) is 4.31 Å². The molecule has 0 spiro atoms. The third-order valence-electron chi connectivity index (χ3n) is 5.22. The summed E-state index contributed by atoms with van der Waals surface area (Å²) in [6.07, 6.45) is -0.118. The lowest BCUT2D eigenvalue weighted by Gasteiger charge is -2.35. The van der Waals surface area contributed by atoms with Crippen molar-refractivity contribution < 1.29 is 22.7 Å². The van der Waals surface area contributed by atoms with Crippen molar-refractivity contribution in [2.24, 2.45) is 0 Å². The van der Waals surface area contributed by atoms with E-state index in [4.69, 9.17) is 21.1 Å². The first kappa shape index (κ1) is 20.0. The van der Waals surface area contributed by atoms with Crippen molar-refractivity contribution in [3.8, 4) is 11.5 Å². The van der Waals surface area contributed by atoms with Crippen molar-refractivity contribution in [3.05, 3.63) is 53.1 Å². The molecule has 2 aromatic rings. The van der Waals surface area contributed by atoms with Crippen LogP contribution in [0.5, 0.6) is 11.5 Å². The van der Waals surface area contributed by atoms with Crippen LogP contribution in [-0.4, -0.2) is 62.9 Å². The van der Waals surface area contributed by atoms with E-state index in [2.05, 4.69) is 0 Å². The van der Waals surface area contributed by atoms with E-state index in [1.54, 1.807) is 29.2 Å². The monoisotopic (exact) mass is 436 g/mol. The van der Waals surface area contributed by atoms with Gasteiger partial charge < -0.3 is 14.4 Å². The van der Waals surface area contributed by atoms with Crippen LogP contribution in [0, 0.1) is 0 Å². The topological polar surface area (TPSA) is 76.2 Å². The van der Waals surface area contributed by atoms with Gasteiger partial charge in [-0.25, -0.2) is 8.42 Å². The van der Waals surface area contributed by atoms with Crippen LogP contribution in [0.15, 0.2) is 47.4 Å². The van der Waals surface area contributed by atoms with Crippen molar-refractivity contribution in [2.45, 2.75) is 17.4 Å². The number of hydrogen-bond acceptors (Lipinski definition) is 5. The number of halogens is 1. The fourth-order valence-electron chi connectivity index (χ4n) is 3.60. The molecule has 0 aliphatic carbocycles. The molecular formula is C20H21ClN2O5S. The quantitative estimate of drug-likeness (QED) is 0.734. The largest absolute Gasteiger partial charge is 0.497 e. The minimum Gasteiger partial charge on any atom is -0.497 e. The predicted octanol–water partition coefficient (Wildman–Crippen LogP) is 2.19. The molecule has 9 heteroatoms. The van der Waals surface area contributed by atoms with Crippen molar-refractivity contribution >= 4 is 27.5 Å². The van der Waals surface area contributed by atoms with E-state index in [0.29, 0.717) is 36.0 Å². The molecule has 7 nitrogen and oxygen atoms in total. The summed E-state index contributed by atoms with van der Waals surface area (Å²) in [4.78, 5) is 14.7. The van der Waals surface area contributed by atoms with E-state index in [1.165, 1.54) is 23.5 Å². The van der Waals surface area contributed by atoms with E-state index in [0.717, 1.165) is 5.56 Å². The van der Waals surface area contributed by atoms with E-state index < -0.39 is 16.1 Å². The molecule has 2 aromatic carbocycles. The number of rotatable bonds is 4. The molecule has 2 aliphatic rings. The summed E-state index contributed by atoms with van der Waals surface area (Å²) >= 11 is 6.01. The van der Waals surface area contributed by atoms with Crippen LogP contribution in [0.4, 0.5) is 0 Å². The summed E-state index contributed by atoms with van der Waals surface area (Å²) in [5, 5.41) is 0.609.